The first-order valence-corrected chi connectivity index (χ1v) is 8.23. The van der Waals surface area contributed by atoms with Crippen molar-refractivity contribution in [1.29, 1.82) is 0 Å². The van der Waals surface area contributed by atoms with E-state index in [1.165, 1.54) is 6.42 Å². The summed E-state index contributed by atoms with van der Waals surface area (Å²) in [6.07, 6.45) is 5.95. The van der Waals surface area contributed by atoms with Gasteiger partial charge < -0.3 is 0 Å². The van der Waals surface area contributed by atoms with Crippen LogP contribution in [0.3, 0.4) is 0 Å². The molecule has 1 saturated carbocycles. The van der Waals surface area contributed by atoms with Gasteiger partial charge in [0.2, 0.25) is 10.0 Å². The Hall–Kier alpha value is 0.200. The fourth-order valence-corrected chi connectivity index (χ4v) is 5.11. The molecule has 1 aliphatic heterocycles. The van der Waals surface area contributed by atoms with Gasteiger partial charge in [-0.15, -0.1) is 11.6 Å². The van der Waals surface area contributed by atoms with Gasteiger partial charge in [-0.25, -0.2) is 12.7 Å². The molecule has 1 saturated heterocycles. The van der Waals surface area contributed by atoms with Crippen LogP contribution in [0, 0.1) is 5.92 Å². The Balaban J connectivity index is 2.01. The average Bonchev–Trinajstić information content (AvgIpc) is 2.79. The molecule has 16 heavy (non-hydrogen) atoms. The molecule has 2 rings (SSSR count). The van der Waals surface area contributed by atoms with Gasteiger partial charge in [0, 0.05) is 19.0 Å². The lowest BCUT2D eigenvalue weighted by molar-refractivity contribution is 0.422. The molecule has 0 aromatic heterocycles. The Bertz CT molecular complexity index is 325. The normalized spacial score (nSPS) is 29.7. The maximum absolute atomic E-state index is 12.3. The van der Waals surface area contributed by atoms with Gasteiger partial charge in [0.05, 0.1) is 5.25 Å². The number of rotatable bonds is 3. The Kier molecular flexibility index (Phi) is 4.14. The number of nitrogens with zero attached hydrogens (tertiary/aromatic N) is 1. The summed E-state index contributed by atoms with van der Waals surface area (Å²) in [5.74, 6) is 0.941. The molecule has 1 heterocycles. The molecule has 0 spiro atoms. The lowest BCUT2D eigenvalue weighted by Crippen LogP contribution is -2.38. The number of sulfonamides is 1. The first kappa shape index (κ1) is 12.7. The van der Waals surface area contributed by atoms with Crippen molar-refractivity contribution in [2.24, 2.45) is 5.92 Å². The summed E-state index contributed by atoms with van der Waals surface area (Å²) in [4.78, 5) is 0. The Morgan fingerprint density at radius 1 is 1.12 bits per heavy atom. The van der Waals surface area contributed by atoms with Gasteiger partial charge in [0.15, 0.2) is 0 Å². The zero-order valence-electron chi connectivity index (χ0n) is 9.57. The molecule has 94 valence electrons. The van der Waals surface area contributed by atoms with Crippen LogP contribution >= 0.6 is 11.6 Å². The average molecular weight is 266 g/mol. The van der Waals surface area contributed by atoms with E-state index in [4.69, 9.17) is 11.6 Å². The van der Waals surface area contributed by atoms with Crippen molar-refractivity contribution < 1.29 is 8.42 Å². The summed E-state index contributed by atoms with van der Waals surface area (Å²) in [6.45, 7) is 1.32. The lowest BCUT2D eigenvalue weighted by Gasteiger charge is -2.26. The molecule has 1 aliphatic carbocycles. The van der Waals surface area contributed by atoms with Crippen LogP contribution in [0.5, 0.6) is 0 Å². The predicted octanol–water partition coefficient (Wildman–Crippen LogP) is 2.21. The number of hydrogen-bond acceptors (Lipinski definition) is 2. The highest BCUT2D eigenvalue weighted by Crippen LogP contribution is 2.29. The third-order valence-corrected chi connectivity index (χ3v) is 6.60. The SMILES string of the molecule is O=S(=O)(C1CCCCC1)N1CCC(CCl)C1. The highest BCUT2D eigenvalue weighted by molar-refractivity contribution is 7.89. The molecule has 1 atom stereocenters. The third-order valence-electron chi connectivity index (χ3n) is 3.80. The van der Waals surface area contributed by atoms with Gasteiger partial charge in [-0.05, 0) is 25.2 Å². The molecule has 0 aromatic carbocycles. The molecular weight excluding hydrogens is 246 g/mol. The number of alkyl halides is 1. The number of hydrogen-bond donors (Lipinski definition) is 0. The van der Waals surface area contributed by atoms with Crippen molar-refractivity contribution in [1.82, 2.24) is 4.31 Å². The maximum atomic E-state index is 12.3. The second-order valence-electron chi connectivity index (χ2n) is 4.97. The second kappa shape index (κ2) is 5.23. The molecule has 0 aromatic rings. The van der Waals surface area contributed by atoms with E-state index in [1.807, 2.05) is 0 Å². The smallest absolute Gasteiger partial charge is 0.212 e. The zero-order valence-corrected chi connectivity index (χ0v) is 11.1. The maximum Gasteiger partial charge on any atom is 0.216 e. The first-order chi connectivity index (χ1) is 7.64. The molecule has 1 unspecified atom stereocenters. The van der Waals surface area contributed by atoms with Crippen LogP contribution in [0.4, 0.5) is 0 Å². The molecule has 0 amide bonds. The van der Waals surface area contributed by atoms with Gasteiger partial charge >= 0.3 is 0 Å². The van der Waals surface area contributed by atoms with Crippen LogP contribution < -0.4 is 0 Å². The second-order valence-corrected chi connectivity index (χ2v) is 7.49. The van der Waals surface area contributed by atoms with Gasteiger partial charge in [0.25, 0.3) is 0 Å². The van der Waals surface area contributed by atoms with Crippen LogP contribution in [0.1, 0.15) is 38.5 Å². The molecule has 2 aliphatic rings. The van der Waals surface area contributed by atoms with E-state index in [0.29, 0.717) is 24.9 Å². The minimum absolute atomic E-state index is 0.115. The van der Waals surface area contributed by atoms with Gasteiger partial charge in [0.1, 0.15) is 0 Å². The van der Waals surface area contributed by atoms with Crippen LogP contribution in [0.2, 0.25) is 0 Å². The Morgan fingerprint density at radius 2 is 1.81 bits per heavy atom. The highest BCUT2D eigenvalue weighted by atomic mass is 35.5. The standard InChI is InChI=1S/C11H20ClNO2S/c12-8-10-6-7-13(9-10)16(14,15)11-4-2-1-3-5-11/h10-11H,1-9H2. The molecule has 0 N–H and O–H groups in total. The van der Waals surface area contributed by atoms with Crippen molar-refractivity contribution in [3.63, 3.8) is 0 Å². The fraction of sp³-hybridized carbons (Fsp3) is 1.00. The van der Waals surface area contributed by atoms with Crippen LogP contribution in [0.15, 0.2) is 0 Å². The lowest BCUT2D eigenvalue weighted by atomic mass is 10.0. The Morgan fingerprint density at radius 3 is 2.38 bits per heavy atom. The third kappa shape index (κ3) is 2.54. The van der Waals surface area contributed by atoms with E-state index in [0.717, 1.165) is 32.1 Å². The molecule has 2 fully saturated rings. The summed E-state index contributed by atoms with van der Waals surface area (Å²) in [5, 5.41) is -0.115. The molecule has 5 heteroatoms. The van der Waals surface area contributed by atoms with Crippen molar-refractivity contribution in [2.75, 3.05) is 19.0 Å². The van der Waals surface area contributed by atoms with E-state index >= 15 is 0 Å². The van der Waals surface area contributed by atoms with E-state index in [-0.39, 0.29) is 5.25 Å². The summed E-state index contributed by atoms with van der Waals surface area (Å²) in [7, 11) is -3.03. The van der Waals surface area contributed by atoms with Crippen LogP contribution in [-0.4, -0.2) is 36.9 Å². The first-order valence-electron chi connectivity index (χ1n) is 6.19. The molecule has 3 nitrogen and oxygen atoms in total. The fourth-order valence-electron chi connectivity index (χ4n) is 2.73. The van der Waals surface area contributed by atoms with E-state index in [9.17, 15) is 8.42 Å². The largest absolute Gasteiger partial charge is 0.216 e. The summed E-state index contributed by atoms with van der Waals surface area (Å²) >= 11 is 5.79. The zero-order chi connectivity index (χ0) is 11.6. The number of halogens is 1. The van der Waals surface area contributed by atoms with E-state index in [1.54, 1.807) is 4.31 Å². The molecular formula is C11H20ClNO2S. The minimum Gasteiger partial charge on any atom is -0.212 e. The van der Waals surface area contributed by atoms with Crippen LogP contribution in [0.25, 0.3) is 0 Å². The van der Waals surface area contributed by atoms with Crippen molar-refractivity contribution >= 4 is 21.6 Å². The van der Waals surface area contributed by atoms with Gasteiger partial charge in [-0.3, -0.25) is 0 Å². The highest BCUT2D eigenvalue weighted by Gasteiger charge is 2.36. The van der Waals surface area contributed by atoms with Crippen molar-refractivity contribution in [2.45, 2.75) is 43.8 Å². The van der Waals surface area contributed by atoms with Gasteiger partial charge in [-0.2, -0.15) is 0 Å². The predicted molar refractivity (Wildman–Crippen MR) is 66.2 cm³/mol. The monoisotopic (exact) mass is 265 g/mol. The summed E-state index contributed by atoms with van der Waals surface area (Å²) in [6, 6.07) is 0. The summed E-state index contributed by atoms with van der Waals surface area (Å²) < 4.78 is 26.3. The van der Waals surface area contributed by atoms with Gasteiger partial charge in [-0.1, -0.05) is 19.3 Å². The minimum atomic E-state index is -3.03. The van der Waals surface area contributed by atoms with Crippen LogP contribution in [-0.2, 0) is 10.0 Å². The quantitative estimate of drug-likeness (QED) is 0.734. The van der Waals surface area contributed by atoms with Crippen molar-refractivity contribution in [3.8, 4) is 0 Å². The topological polar surface area (TPSA) is 37.4 Å². The molecule has 0 bridgehead atoms. The molecule has 0 radical (unpaired) electrons. The van der Waals surface area contributed by atoms with E-state index in [2.05, 4.69) is 0 Å². The van der Waals surface area contributed by atoms with E-state index < -0.39 is 10.0 Å². The Labute approximate surface area is 103 Å². The summed E-state index contributed by atoms with van der Waals surface area (Å²) in [5.41, 5.74) is 0. The van der Waals surface area contributed by atoms with Crippen molar-refractivity contribution in [3.05, 3.63) is 0 Å².